The first kappa shape index (κ1) is 15.1. The lowest BCUT2D eigenvalue weighted by molar-refractivity contribution is -0.386. The van der Waals surface area contributed by atoms with Crippen LogP contribution in [-0.2, 0) is 11.8 Å². The molecule has 106 valence electrons. The summed E-state index contributed by atoms with van der Waals surface area (Å²) in [5.74, 6) is -2.07. The Labute approximate surface area is 111 Å². The van der Waals surface area contributed by atoms with Crippen molar-refractivity contribution in [3.05, 3.63) is 21.5 Å². The molecule has 0 spiro atoms. The number of carboxylic acid groups (broad SMARTS) is 1. The monoisotopic (exact) mass is 269 g/mol. The topological polar surface area (TPSA) is 98.3 Å². The normalized spacial score (nSPS) is 12.7. The van der Waals surface area contributed by atoms with E-state index < -0.39 is 16.8 Å². The van der Waals surface area contributed by atoms with Gasteiger partial charge in [0, 0.05) is 13.0 Å². The van der Waals surface area contributed by atoms with Crippen LogP contribution in [-0.4, -0.2) is 25.8 Å². The van der Waals surface area contributed by atoms with E-state index in [1.807, 2.05) is 6.92 Å². The van der Waals surface area contributed by atoms with Gasteiger partial charge in [0.05, 0.1) is 4.92 Å². The third-order valence-electron chi connectivity index (χ3n) is 3.03. The van der Waals surface area contributed by atoms with E-state index in [1.54, 1.807) is 20.9 Å². The Morgan fingerprint density at radius 3 is 2.47 bits per heavy atom. The highest BCUT2D eigenvalue weighted by Gasteiger charge is 2.35. The number of hydrogen-bond donors (Lipinski definition) is 1. The first-order chi connectivity index (χ1) is 8.81. The second-order valence-electron chi connectivity index (χ2n) is 4.83. The maximum absolute atomic E-state index is 11.3. The third kappa shape index (κ3) is 2.91. The molecule has 1 aromatic rings. The third-order valence-corrected chi connectivity index (χ3v) is 3.03. The van der Waals surface area contributed by atoms with Crippen molar-refractivity contribution in [3.8, 4) is 0 Å². The zero-order valence-corrected chi connectivity index (χ0v) is 11.6. The van der Waals surface area contributed by atoms with E-state index in [4.69, 9.17) is 0 Å². The first-order valence-electron chi connectivity index (χ1n) is 6.25. The van der Waals surface area contributed by atoms with E-state index in [1.165, 1.54) is 4.68 Å². The standard InChI is InChI=1S/C12H19N3O4/c1-5-6-8(12(16)17)10-11(15(18)19)9(7(2)3)13-14(10)4/h7-8H,5-6H2,1-4H3,(H,16,17). The summed E-state index contributed by atoms with van der Waals surface area (Å²) >= 11 is 0. The first-order valence-corrected chi connectivity index (χ1v) is 6.25. The quantitative estimate of drug-likeness (QED) is 0.631. The van der Waals surface area contributed by atoms with Gasteiger partial charge in [-0.25, -0.2) is 0 Å². The molecule has 0 amide bonds. The lowest BCUT2D eigenvalue weighted by atomic mass is 9.96. The summed E-state index contributed by atoms with van der Waals surface area (Å²) in [6.07, 6.45) is 0.990. The van der Waals surface area contributed by atoms with Gasteiger partial charge in [-0.05, 0) is 6.42 Å². The molecule has 19 heavy (non-hydrogen) atoms. The molecular formula is C12H19N3O4. The smallest absolute Gasteiger partial charge is 0.314 e. The minimum atomic E-state index is -1.05. The van der Waals surface area contributed by atoms with Crippen molar-refractivity contribution in [1.29, 1.82) is 0 Å². The fourth-order valence-corrected chi connectivity index (χ4v) is 2.18. The molecule has 0 aromatic carbocycles. The number of hydrogen-bond acceptors (Lipinski definition) is 4. The number of nitro groups is 1. The van der Waals surface area contributed by atoms with Crippen LogP contribution in [0.1, 0.15) is 56.8 Å². The Morgan fingerprint density at radius 1 is 1.53 bits per heavy atom. The molecule has 1 heterocycles. The predicted molar refractivity (Wildman–Crippen MR) is 69.2 cm³/mol. The maximum atomic E-state index is 11.3. The van der Waals surface area contributed by atoms with Crippen LogP contribution in [0.2, 0.25) is 0 Å². The number of carbonyl (C=O) groups is 1. The predicted octanol–water partition coefficient (Wildman–Crippen LogP) is 2.42. The van der Waals surface area contributed by atoms with Gasteiger partial charge in [0.1, 0.15) is 17.3 Å². The Balaban J connectivity index is 3.48. The highest BCUT2D eigenvalue weighted by atomic mass is 16.6. The van der Waals surface area contributed by atoms with Crippen molar-refractivity contribution in [1.82, 2.24) is 9.78 Å². The van der Waals surface area contributed by atoms with Crippen molar-refractivity contribution in [2.75, 3.05) is 0 Å². The largest absolute Gasteiger partial charge is 0.481 e. The molecule has 0 saturated carbocycles. The fraction of sp³-hybridized carbons (Fsp3) is 0.667. The van der Waals surface area contributed by atoms with Crippen LogP contribution in [0.25, 0.3) is 0 Å². The van der Waals surface area contributed by atoms with E-state index >= 15 is 0 Å². The molecule has 0 saturated heterocycles. The second-order valence-corrected chi connectivity index (χ2v) is 4.83. The van der Waals surface area contributed by atoms with Crippen LogP contribution in [0.15, 0.2) is 0 Å². The highest BCUT2D eigenvalue weighted by molar-refractivity contribution is 5.77. The lowest BCUT2D eigenvalue weighted by Crippen LogP contribution is -2.16. The summed E-state index contributed by atoms with van der Waals surface area (Å²) in [6.45, 7) is 5.45. The molecule has 1 unspecified atom stereocenters. The highest BCUT2D eigenvalue weighted by Crippen LogP contribution is 2.35. The molecule has 7 nitrogen and oxygen atoms in total. The molecular weight excluding hydrogens is 250 g/mol. The molecule has 1 rings (SSSR count). The summed E-state index contributed by atoms with van der Waals surface area (Å²) in [4.78, 5) is 22.1. The fourth-order valence-electron chi connectivity index (χ4n) is 2.18. The molecule has 1 atom stereocenters. The van der Waals surface area contributed by atoms with E-state index in [0.717, 1.165) is 0 Å². The summed E-state index contributed by atoms with van der Waals surface area (Å²) in [7, 11) is 1.56. The van der Waals surface area contributed by atoms with Crippen molar-refractivity contribution in [2.45, 2.75) is 45.4 Å². The van der Waals surface area contributed by atoms with Gasteiger partial charge >= 0.3 is 11.7 Å². The molecule has 0 fully saturated rings. The zero-order valence-electron chi connectivity index (χ0n) is 11.6. The van der Waals surface area contributed by atoms with Gasteiger partial charge < -0.3 is 5.11 Å². The van der Waals surface area contributed by atoms with Gasteiger partial charge in [-0.2, -0.15) is 5.10 Å². The van der Waals surface area contributed by atoms with Gasteiger partial charge in [0.2, 0.25) is 0 Å². The Hall–Kier alpha value is -1.92. The van der Waals surface area contributed by atoms with Crippen LogP contribution in [0, 0.1) is 10.1 Å². The van der Waals surface area contributed by atoms with Gasteiger partial charge in [0.25, 0.3) is 0 Å². The van der Waals surface area contributed by atoms with Gasteiger partial charge in [0.15, 0.2) is 0 Å². The second kappa shape index (κ2) is 5.81. The van der Waals surface area contributed by atoms with Crippen LogP contribution >= 0.6 is 0 Å². The Morgan fingerprint density at radius 2 is 2.11 bits per heavy atom. The summed E-state index contributed by atoms with van der Waals surface area (Å²) in [5.41, 5.74) is 0.367. The number of aromatic nitrogens is 2. The van der Waals surface area contributed by atoms with Crippen LogP contribution < -0.4 is 0 Å². The SMILES string of the molecule is CCCC(C(=O)O)c1c([N+](=O)[O-])c(C(C)C)nn1C. The van der Waals surface area contributed by atoms with Crippen molar-refractivity contribution < 1.29 is 14.8 Å². The zero-order chi connectivity index (χ0) is 14.7. The average Bonchev–Trinajstić information content (AvgIpc) is 2.63. The van der Waals surface area contributed by atoms with E-state index in [0.29, 0.717) is 18.5 Å². The molecule has 1 aromatic heterocycles. The van der Waals surface area contributed by atoms with Gasteiger partial charge in [-0.1, -0.05) is 27.2 Å². The molecule has 7 heteroatoms. The molecule has 0 aliphatic carbocycles. The average molecular weight is 269 g/mol. The van der Waals surface area contributed by atoms with Crippen LogP contribution in [0.3, 0.4) is 0 Å². The van der Waals surface area contributed by atoms with Gasteiger partial charge in [-0.3, -0.25) is 19.6 Å². The molecule has 0 aliphatic heterocycles. The number of carboxylic acids is 1. The van der Waals surface area contributed by atoms with Crippen molar-refractivity contribution in [3.63, 3.8) is 0 Å². The summed E-state index contributed by atoms with van der Waals surface area (Å²) in [5, 5.41) is 24.7. The van der Waals surface area contributed by atoms with E-state index in [9.17, 15) is 20.0 Å². The lowest BCUT2D eigenvalue weighted by Gasteiger charge is -2.10. The number of nitrogens with zero attached hydrogens (tertiary/aromatic N) is 3. The van der Waals surface area contributed by atoms with E-state index in [2.05, 4.69) is 5.10 Å². The Kier molecular flexibility index (Phi) is 4.63. The minimum absolute atomic E-state index is 0.128. The summed E-state index contributed by atoms with van der Waals surface area (Å²) in [6, 6.07) is 0. The molecule has 0 radical (unpaired) electrons. The number of aryl methyl sites for hydroxylation is 1. The molecule has 0 bridgehead atoms. The summed E-state index contributed by atoms with van der Waals surface area (Å²) < 4.78 is 1.34. The minimum Gasteiger partial charge on any atom is -0.481 e. The van der Waals surface area contributed by atoms with Gasteiger partial charge in [-0.15, -0.1) is 0 Å². The maximum Gasteiger partial charge on any atom is 0.314 e. The van der Waals surface area contributed by atoms with Crippen molar-refractivity contribution >= 4 is 11.7 Å². The Bertz CT molecular complexity index is 493. The van der Waals surface area contributed by atoms with Crippen molar-refractivity contribution in [2.24, 2.45) is 7.05 Å². The van der Waals surface area contributed by atoms with Crippen LogP contribution in [0.5, 0.6) is 0 Å². The van der Waals surface area contributed by atoms with E-state index in [-0.39, 0.29) is 17.3 Å². The number of rotatable bonds is 6. The number of aliphatic carboxylic acids is 1. The molecule has 0 aliphatic rings. The van der Waals surface area contributed by atoms with Crippen LogP contribution in [0.4, 0.5) is 5.69 Å². The molecule has 1 N–H and O–H groups in total.